The molecule has 0 amide bonds. The molecule has 2 atom stereocenters. The molecule has 0 aliphatic carbocycles. The third-order valence-electron chi connectivity index (χ3n) is 4.89. The second kappa shape index (κ2) is 17.9. The fourth-order valence-electron chi connectivity index (χ4n) is 3.32. The lowest BCUT2D eigenvalue weighted by molar-refractivity contribution is -0.146. The Morgan fingerprint density at radius 3 is 1.06 bits per heavy atom. The molecular formula is C20H43NO12Si3. The van der Waals surface area contributed by atoms with E-state index < -0.39 is 44.3 Å². The Bertz CT molecular complexity index is 606. The van der Waals surface area contributed by atoms with E-state index in [1.165, 1.54) is 0 Å². The molecule has 0 saturated heterocycles. The summed E-state index contributed by atoms with van der Waals surface area (Å²) in [6, 6.07) is 0. The molecule has 0 radical (unpaired) electrons. The van der Waals surface area contributed by atoms with Crippen LogP contribution in [0, 0.1) is 0 Å². The third kappa shape index (κ3) is 10.9. The summed E-state index contributed by atoms with van der Waals surface area (Å²) in [5, 5.41) is 3.51. The van der Waals surface area contributed by atoms with Gasteiger partial charge in [0.15, 0.2) is 0 Å². The van der Waals surface area contributed by atoms with Gasteiger partial charge in [0.05, 0.1) is 11.3 Å². The second-order valence-electron chi connectivity index (χ2n) is 7.11. The van der Waals surface area contributed by atoms with Gasteiger partial charge in [-0.3, -0.25) is 14.4 Å². The first-order valence-corrected chi connectivity index (χ1v) is 16.5. The van der Waals surface area contributed by atoms with Gasteiger partial charge in [-0.1, -0.05) is 20.4 Å². The maximum atomic E-state index is 10.8. The molecule has 2 unspecified atom stereocenters. The van der Waals surface area contributed by atoms with Crippen LogP contribution in [0.5, 0.6) is 0 Å². The van der Waals surface area contributed by atoms with Crippen molar-refractivity contribution in [2.45, 2.75) is 58.8 Å². The molecule has 36 heavy (non-hydrogen) atoms. The Hall–Kier alpha value is -1.48. The van der Waals surface area contributed by atoms with Crippen molar-refractivity contribution in [2.75, 3.05) is 42.7 Å². The van der Waals surface area contributed by atoms with Crippen LogP contribution >= 0.6 is 0 Å². The highest BCUT2D eigenvalue weighted by Crippen LogP contribution is 2.21. The Kier molecular flexibility index (Phi) is 18.2. The minimum atomic E-state index is -3.74. The Balaban J connectivity index is 0. The standard InChI is InChI=1S/C12H31NO6Si2.C8H12O6Si/c1-9-11(20(14-3,15-4)16-5)13-12(10-2)21(17-6,18-7)19-8;1-5-15(12-6(2)9,13-7(3)10)14-8(4)11/h11-13H,9-10H2,1-8H3;5H,1H2,2-4H3. The summed E-state index contributed by atoms with van der Waals surface area (Å²) in [5.41, 5.74) is 0.890. The topological polar surface area (TPSA) is 146 Å². The summed E-state index contributed by atoms with van der Waals surface area (Å²) >= 11 is 0. The molecule has 0 fully saturated rings. The van der Waals surface area contributed by atoms with Crippen molar-refractivity contribution in [1.82, 2.24) is 5.32 Å². The quantitative estimate of drug-likeness (QED) is 0.265. The van der Waals surface area contributed by atoms with Gasteiger partial charge in [0.1, 0.15) is 0 Å². The first kappa shape index (κ1) is 36.7. The van der Waals surface area contributed by atoms with Crippen LogP contribution < -0.4 is 5.32 Å². The average molecular weight is 574 g/mol. The van der Waals surface area contributed by atoms with Gasteiger partial charge in [-0.15, -0.1) is 0 Å². The maximum Gasteiger partial charge on any atom is 0.734 e. The van der Waals surface area contributed by atoms with Gasteiger partial charge >= 0.3 is 26.4 Å². The summed E-state index contributed by atoms with van der Waals surface area (Å²) in [6.07, 6.45) is 1.58. The molecule has 1 N–H and O–H groups in total. The van der Waals surface area contributed by atoms with E-state index in [1.807, 2.05) is 0 Å². The highest BCUT2D eigenvalue weighted by Gasteiger charge is 2.53. The van der Waals surface area contributed by atoms with E-state index in [0.717, 1.165) is 39.3 Å². The number of carbonyl (C=O) groups is 3. The normalized spacial score (nSPS) is 13.5. The molecule has 0 aromatic carbocycles. The number of carbonyl (C=O) groups excluding carboxylic acids is 3. The van der Waals surface area contributed by atoms with Crippen molar-refractivity contribution in [2.24, 2.45) is 0 Å². The first-order valence-electron chi connectivity index (χ1n) is 11.1. The van der Waals surface area contributed by atoms with Gasteiger partial charge in [-0.2, -0.15) is 0 Å². The third-order valence-corrected chi connectivity index (χ3v) is 13.4. The van der Waals surface area contributed by atoms with Gasteiger partial charge in [-0.25, -0.2) is 0 Å². The number of hydrogen-bond donors (Lipinski definition) is 1. The van der Waals surface area contributed by atoms with Crippen molar-refractivity contribution in [3.05, 3.63) is 12.3 Å². The van der Waals surface area contributed by atoms with Crippen LogP contribution in [-0.2, 0) is 54.2 Å². The number of rotatable bonds is 16. The summed E-state index contributed by atoms with van der Waals surface area (Å²) in [7, 11) is 0.315. The smallest absolute Gasteiger partial charge is 0.452 e. The molecule has 0 aromatic heterocycles. The lowest BCUT2D eigenvalue weighted by Crippen LogP contribution is -2.68. The predicted octanol–water partition coefficient (Wildman–Crippen LogP) is 1.31. The van der Waals surface area contributed by atoms with E-state index in [0.29, 0.717) is 0 Å². The lowest BCUT2D eigenvalue weighted by Gasteiger charge is -2.38. The molecule has 0 aliphatic rings. The fraction of sp³-hybridized carbons (Fsp3) is 0.750. The van der Waals surface area contributed by atoms with Crippen LogP contribution in [0.1, 0.15) is 47.5 Å². The summed E-state index contributed by atoms with van der Waals surface area (Å²) in [5.74, 6) is -2.16. The van der Waals surface area contributed by atoms with Crippen molar-refractivity contribution in [3.63, 3.8) is 0 Å². The van der Waals surface area contributed by atoms with Crippen LogP contribution in [0.25, 0.3) is 0 Å². The van der Waals surface area contributed by atoms with Crippen molar-refractivity contribution in [3.8, 4) is 0 Å². The summed E-state index contributed by atoms with van der Waals surface area (Å²) in [6.45, 7) is 10.8. The van der Waals surface area contributed by atoms with Crippen LogP contribution in [-0.4, -0.2) is 98.3 Å². The van der Waals surface area contributed by atoms with Crippen LogP contribution in [0.4, 0.5) is 0 Å². The van der Waals surface area contributed by atoms with Crippen molar-refractivity contribution in [1.29, 1.82) is 0 Å². The minimum Gasteiger partial charge on any atom is -0.452 e. The fourth-order valence-corrected chi connectivity index (χ4v) is 9.59. The molecule has 0 bridgehead atoms. The number of nitrogens with one attached hydrogen (secondary N) is 1. The van der Waals surface area contributed by atoms with Gasteiger partial charge in [0.2, 0.25) is 0 Å². The zero-order valence-electron chi connectivity index (χ0n) is 23.3. The molecule has 0 aromatic rings. The van der Waals surface area contributed by atoms with Gasteiger partial charge < -0.3 is 45.2 Å². The summed E-state index contributed by atoms with van der Waals surface area (Å²) < 4.78 is 47.6. The number of hydrogen-bond acceptors (Lipinski definition) is 13. The van der Waals surface area contributed by atoms with Crippen molar-refractivity contribution >= 4 is 44.3 Å². The zero-order valence-corrected chi connectivity index (χ0v) is 26.3. The predicted molar refractivity (Wildman–Crippen MR) is 136 cm³/mol. The zero-order chi connectivity index (χ0) is 28.6. The van der Waals surface area contributed by atoms with E-state index >= 15 is 0 Å². The minimum absolute atomic E-state index is 0.0743. The molecule has 0 rings (SSSR count). The SMILES string of the molecule is C=C[Si](OC(C)=O)(OC(C)=O)OC(C)=O.CCC(NC(CC)[Si](OC)(OC)OC)[Si](OC)(OC)OC. The van der Waals surface area contributed by atoms with Crippen LogP contribution in [0.3, 0.4) is 0 Å². The monoisotopic (exact) mass is 573 g/mol. The summed E-state index contributed by atoms with van der Waals surface area (Å²) in [4.78, 5) is 32.3. The van der Waals surface area contributed by atoms with Crippen LogP contribution in [0.2, 0.25) is 0 Å². The van der Waals surface area contributed by atoms with E-state index in [9.17, 15) is 14.4 Å². The van der Waals surface area contributed by atoms with Crippen LogP contribution in [0.15, 0.2) is 12.3 Å². The van der Waals surface area contributed by atoms with Gasteiger partial charge in [0, 0.05) is 69.1 Å². The Morgan fingerprint density at radius 1 is 0.667 bits per heavy atom. The van der Waals surface area contributed by atoms with Crippen molar-refractivity contribution < 1.29 is 54.2 Å². The molecule has 16 heteroatoms. The average Bonchev–Trinajstić information content (AvgIpc) is 2.83. The Morgan fingerprint density at radius 2 is 0.917 bits per heavy atom. The highest BCUT2D eigenvalue weighted by atomic mass is 28.4. The molecule has 13 nitrogen and oxygen atoms in total. The van der Waals surface area contributed by atoms with E-state index in [4.69, 9.17) is 39.8 Å². The lowest BCUT2D eigenvalue weighted by atomic mass is 10.4. The van der Waals surface area contributed by atoms with Gasteiger partial charge in [0.25, 0.3) is 17.9 Å². The molecule has 0 saturated carbocycles. The second-order valence-corrected chi connectivity index (χ2v) is 15.6. The van der Waals surface area contributed by atoms with E-state index in [1.54, 1.807) is 42.7 Å². The largest absolute Gasteiger partial charge is 0.734 e. The molecule has 0 aliphatic heterocycles. The first-order chi connectivity index (χ1) is 16.8. The maximum absolute atomic E-state index is 10.8. The van der Waals surface area contributed by atoms with E-state index in [2.05, 4.69) is 25.7 Å². The molecule has 0 heterocycles. The highest BCUT2D eigenvalue weighted by molar-refractivity contribution is 6.70. The van der Waals surface area contributed by atoms with E-state index in [-0.39, 0.29) is 11.3 Å². The Labute approximate surface area is 217 Å². The van der Waals surface area contributed by atoms with Gasteiger partial charge in [-0.05, 0) is 12.8 Å². The molecule has 212 valence electrons. The molecular weight excluding hydrogens is 530 g/mol. The molecule has 0 spiro atoms.